The second kappa shape index (κ2) is 8.93. The van der Waals surface area contributed by atoms with E-state index >= 15 is 0 Å². The summed E-state index contributed by atoms with van der Waals surface area (Å²) in [7, 11) is 0. The molecule has 4 rings (SSSR count). The first-order chi connectivity index (χ1) is 14.4. The molecule has 0 atom stereocenters. The van der Waals surface area contributed by atoms with E-state index in [2.05, 4.69) is 20.8 Å². The first-order valence-electron chi connectivity index (χ1n) is 9.15. The molecular weight excluding hydrogens is 462 g/mol. The van der Waals surface area contributed by atoms with Gasteiger partial charge in [-0.3, -0.25) is 9.59 Å². The Bertz CT molecular complexity index is 1130. The molecule has 1 aliphatic rings. The number of fused-ring (bicyclic) bond motifs is 1. The van der Waals surface area contributed by atoms with Gasteiger partial charge in [-0.25, -0.2) is 0 Å². The number of nitrogens with one attached hydrogen (secondary N) is 2. The number of nitrogens with two attached hydrogens (primary N) is 1. The van der Waals surface area contributed by atoms with Crippen LogP contribution >= 0.6 is 46.0 Å². The van der Waals surface area contributed by atoms with Gasteiger partial charge >= 0.3 is 0 Å². The second-order valence-corrected chi connectivity index (χ2v) is 10.4. The summed E-state index contributed by atoms with van der Waals surface area (Å²) in [6.45, 7) is 1.92. The van der Waals surface area contributed by atoms with E-state index in [-0.39, 0.29) is 11.7 Å². The standard InChI is InChI=1S/C19H18ClN5O2S3/c1-9-11(20)5-3-6-12(9)22-18-24-25-19(30-18)28-8-14(26)23-17-15(16(21)27)10-4-2-7-13(10)29-17/h3,5-6H,2,4,7-8H2,1H3,(H2,21,27)(H,22,24)(H,23,26). The highest BCUT2D eigenvalue weighted by atomic mass is 35.5. The van der Waals surface area contributed by atoms with Crippen molar-refractivity contribution in [1.29, 1.82) is 0 Å². The number of halogens is 1. The molecule has 0 aliphatic heterocycles. The topological polar surface area (TPSA) is 110 Å². The molecule has 156 valence electrons. The van der Waals surface area contributed by atoms with Crippen molar-refractivity contribution >= 4 is 73.7 Å². The number of aromatic nitrogens is 2. The van der Waals surface area contributed by atoms with E-state index < -0.39 is 5.91 Å². The van der Waals surface area contributed by atoms with Gasteiger partial charge in [-0.2, -0.15) is 0 Å². The van der Waals surface area contributed by atoms with Crippen molar-refractivity contribution in [3.63, 3.8) is 0 Å². The Labute approximate surface area is 190 Å². The molecule has 0 bridgehead atoms. The second-order valence-electron chi connectivity index (χ2n) is 6.67. The third-order valence-electron chi connectivity index (χ3n) is 4.66. The third kappa shape index (κ3) is 4.46. The van der Waals surface area contributed by atoms with E-state index in [4.69, 9.17) is 17.3 Å². The highest BCUT2D eigenvalue weighted by molar-refractivity contribution is 8.01. The smallest absolute Gasteiger partial charge is 0.251 e. The Morgan fingerprint density at radius 1 is 1.27 bits per heavy atom. The number of thioether (sulfide) groups is 1. The van der Waals surface area contributed by atoms with E-state index in [1.807, 2.05) is 25.1 Å². The number of carbonyl (C=O) groups is 2. The lowest BCUT2D eigenvalue weighted by molar-refractivity contribution is -0.113. The van der Waals surface area contributed by atoms with Crippen LogP contribution in [0.15, 0.2) is 22.5 Å². The average molecular weight is 480 g/mol. The van der Waals surface area contributed by atoms with Crippen LogP contribution < -0.4 is 16.4 Å². The predicted molar refractivity (Wildman–Crippen MR) is 124 cm³/mol. The average Bonchev–Trinajstić information content (AvgIpc) is 3.39. The van der Waals surface area contributed by atoms with Crippen LogP contribution in [0.2, 0.25) is 5.02 Å². The van der Waals surface area contributed by atoms with E-state index in [1.165, 1.54) is 34.4 Å². The Morgan fingerprint density at radius 3 is 2.90 bits per heavy atom. The zero-order valence-corrected chi connectivity index (χ0v) is 19.2. The number of amides is 2. The molecule has 2 heterocycles. The Morgan fingerprint density at radius 2 is 2.10 bits per heavy atom. The number of primary amides is 1. The minimum atomic E-state index is -0.492. The number of aryl methyl sites for hydroxylation is 1. The number of hydrogen-bond donors (Lipinski definition) is 3. The molecule has 0 saturated heterocycles. The fraction of sp³-hybridized carbons (Fsp3) is 0.263. The third-order valence-corrected chi connectivity index (χ3v) is 8.25. The van der Waals surface area contributed by atoms with Crippen LogP contribution in [0.3, 0.4) is 0 Å². The van der Waals surface area contributed by atoms with E-state index in [9.17, 15) is 9.59 Å². The maximum atomic E-state index is 12.4. The Kier molecular flexibility index (Phi) is 6.28. The van der Waals surface area contributed by atoms with Gasteiger partial charge in [-0.1, -0.05) is 40.8 Å². The first kappa shape index (κ1) is 21.1. The van der Waals surface area contributed by atoms with Crippen LogP contribution in [-0.4, -0.2) is 27.8 Å². The lowest BCUT2D eigenvalue weighted by Gasteiger charge is -2.07. The Balaban J connectivity index is 1.36. The quantitative estimate of drug-likeness (QED) is 0.426. The molecule has 3 aromatic rings. The highest BCUT2D eigenvalue weighted by Gasteiger charge is 2.26. The van der Waals surface area contributed by atoms with Gasteiger partial charge < -0.3 is 16.4 Å². The van der Waals surface area contributed by atoms with Gasteiger partial charge in [0.25, 0.3) is 5.91 Å². The summed E-state index contributed by atoms with van der Waals surface area (Å²) in [6, 6.07) is 5.60. The molecule has 2 amide bonds. The molecule has 0 radical (unpaired) electrons. The molecule has 7 nitrogen and oxygen atoms in total. The monoisotopic (exact) mass is 479 g/mol. The summed E-state index contributed by atoms with van der Waals surface area (Å²) in [5, 5.41) is 16.1. The van der Waals surface area contributed by atoms with E-state index in [1.54, 1.807) is 0 Å². The minimum Gasteiger partial charge on any atom is -0.365 e. The van der Waals surface area contributed by atoms with Crippen LogP contribution in [0.25, 0.3) is 0 Å². The highest BCUT2D eigenvalue weighted by Crippen LogP contribution is 2.39. The molecule has 0 unspecified atom stereocenters. The molecule has 0 spiro atoms. The molecule has 4 N–H and O–H groups in total. The number of carbonyl (C=O) groups excluding carboxylic acids is 2. The van der Waals surface area contributed by atoms with E-state index in [0.29, 0.717) is 25.1 Å². The van der Waals surface area contributed by atoms with Crippen LogP contribution in [-0.2, 0) is 17.6 Å². The molecule has 1 aromatic carbocycles. The number of anilines is 3. The van der Waals surface area contributed by atoms with Crippen LogP contribution in [0, 0.1) is 6.92 Å². The van der Waals surface area contributed by atoms with Crippen LogP contribution in [0.4, 0.5) is 15.8 Å². The normalized spacial score (nSPS) is 12.6. The van der Waals surface area contributed by atoms with Crippen molar-refractivity contribution in [2.75, 3.05) is 16.4 Å². The van der Waals surface area contributed by atoms with Crippen molar-refractivity contribution in [2.45, 2.75) is 30.5 Å². The van der Waals surface area contributed by atoms with Gasteiger partial charge in [0.15, 0.2) is 4.34 Å². The lowest BCUT2D eigenvalue weighted by atomic mass is 10.1. The number of nitrogens with zero attached hydrogens (tertiary/aromatic N) is 2. The number of thiophene rings is 1. The molecule has 11 heteroatoms. The molecule has 0 fully saturated rings. The van der Waals surface area contributed by atoms with Gasteiger partial charge in [-0.15, -0.1) is 21.5 Å². The fourth-order valence-electron chi connectivity index (χ4n) is 3.22. The summed E-state index contributed by atoms with van der Waals surface area (Å²) >= 11 is 10.2. The van der Waals surface area contributed by atoms with Crippen molar-refractivity contribution < 1.29 is 9.59 Å². The lowest BCUT2D eigenvalue weighted by Crippen LogP contribution is -2.18. The minimum absolute atomic E-state index is 0.158. The molecule has 2 aromatic heterocycles. The molecular formula is C19H18ClN5O2S3. The number of benzene rings is 1. The molecule has 0 saturated carbocycles. The van der Waals surface area contributed by atoms with Crippen molar-refractivity contribution in [2.24, 2.45) is 5.73 Å². The van der Waals surface area contributed by atoms with Crippen LogP contribution in [0.5, 0.6) is 0 Å². The fourth-order valence-corrected chi connectivity index (χ4v) is 6.27. The van der Waals surface area contributed by atoms with Gasteiger partial charge in [0.1, 0.15) is 5.00 Å². The zero-order valence-electron chi connectivity index (χ0n) is 16.0. The SMILES string of the molecule is Cc1c(Cl)cccc1Nc1nnc(SCC(=O)Nc2sc3c(c2C(N)=O)CCC3)s1. The number of hydrogen-bond acceptors (Lipinski definition) is 8. The van der Waals surface area contributed by atoms with Gasteiger partial charge in [-0.05, 0) is 49.4 Å². The van der Waals surface area contributed by atoms with E-state index in [0.717, 1.165) is 41.0 Å². The Hall–Kier alpha value is -2.14. The van der Waals surface area contributed by atoms with Crippen molar-refractivity contribution in [3.05, 3.63) is 44.8 Å². The summed E-state index contributed by atoms with van der Waals surface area (Å²) in [4.78, 5) is 25.4. The summed E-state index contributed by atoms with van der Waals surface area (Å²) in [6.07, 6.45) is 2.78. The molecule has 30 heavy (non-hydrogen) atoms. The van der Waals surface area contributed by atoms with Crippen molar-refractivity contribution in [1.82, 2.24) is 10.2 Å². The predicted octanol–water partition coefficient (Wildman–Crippen LogP) is 4.62. The largest absolute Gasteiger partial charge is 0.365 e. The van der Waals surface area contributed by atoms with Crippen molar-refractivity contribution in [3.8, 4) is 0 Å². The number of rotatable bonds is 7. The summed E-state index contributed by atoms with van der Waals surface area (Å²) < 4.78 is 0.663. The van der Waals surface area contributed by atoms with Crippen LogP contribution in [0.1, 0.15) is 32.8 Å². The first-order valence-corrected chi connectivity index (χ1v) is 12.1. The summed E-state index contributed by atoms with van der Waals surface area (Å²) in [5.41, 5.74) is 8.78. The maximum absolute atomic E-state index is 12.4. The summed E-state index contributed by atoms with van der Waals surface area (Å²) in [5.74, 6) is -0.544. The molecule has 1 aliphatic carbocycles. The van der Waals surface area contributed by atoms with Gasteiger partial charge in [0.05, 0.1) is 11.3 Å². The zero-order chi connectivity index (χ0) is 21.3. The maximum Gasteiger partial charge on any atom is 0.251 e. The van der Waals surface area contributed by atoms with Gasteiger partial charge in [0.2, 0.25) is 11.0 Å². The van der Waals surface area contributed by atoms with Gasteiger partial charge in [0, 0.05) is 15.6 Å².